The van der Waals surface area contributed by atoms with Gasteiger partial charge in [0.05, 0.1) is 16.5 Å². The summed E-state index contributed by atoms with van der Waals surface area (Å²) in [4.78, 5) is 12.4. The van der Waals surface area contributed by atoms with E-state index in [1.807, 2.05) is 0 Å². The molecule has 0 radical (unpaired) electrons. The number of carbonyl (C=O) groups excluding carboxylic acids is 1. The summed E-state index contributed by atoms with van der Waals surface area (Å²) in [6, 6.07) is 8.57. The third-order valence-electron chi connectivity index (χ3n) is 2.47. The first-order valence-electron chi connectivity index (χ1n) is 5.78. The molecule has 0 spiro atoms. The number of hydrogen-bond donors (Lipinski definition) is 1. The van der Waals surface area contributed by atoms with Crippen LogP contribution >= 0.6 is 39.3 Å². The number of thioether (sulfide) groups is 1. The van der Waals surface area contributed by atoms with Crippen LogP contribution in [0.5, 0.6) is 0 Å². The van der Waals surface area contributed by atoms with Gasteiger partial charge in [0.2, 0.25) is 5.91 Å². The van der Waals surface area contributed by atoms with E-state index in [9.17, 15) is 13.6 Å². The van der Waals surface area contributed by atoms with Gasteiger partial charge in [-0.05, 0) is 36.4 Å². The molecule has 2 aromatic rings. The second kappa shape index (κ2) is 7.24. The number of halogens is 4. The van der Waals surface area contributed by atoms with E-state index in [1.54, 1.807) is 6.07 Å². The first-order valence-corrected chi connectivity index (χ1v) is 7.94. The summed E-state index contributed by atoms with van der Waals surface area (Å²) < 4.78 is 27.1. The highest BCUT2D eigenvalue weighted by molar-refractivity contribution is 9.10. The number of nitrogens with one attached hydrogen (secondary N) is 1. The van der Waals surface area contributed by atoms with Crippen LogP contribution in [0.3, 0.4) is 0 Å². The Balaban J connectivity index is 1.94. The van der Waals surface area contributed by atoms with Gasteiger partial charge in [0.25, 0.3) is 0 Å². The number of carbonyl (C=O) groups is 1. The molecule has 2 nitrogen and oxygen atoms in total. The summed E-state index contributed by atoms with van der Waals surface area (Å²) in [6.07, 6.45) is 0. The molecule has 0 saturated heterocycles. The van der Waals surface area contributed by atoms with Crippen LogP contribution in [0.25, 0.3) is 0 Å². The van der Waals surface area contributed by atoms with Gasteiger partial charge in [-0.1, -0.05) is 27.5 Å². The van der Waals surface area contributed by atoms with Gasteiger partial charge < -0.3 is 5.32 Å². The molecule has 0 aliphatic carbocycles. The molecule has 0 fully saturated rings. The van der Waals surface area contributed by atoms with Crippen molar-refractivity contribution >= 4 is 50.9 Å². The first-order chi connectivity index (χ1) is 9.95. The minimum Gasteiger partial charge on any atom is -0.323 e. The maximum atomic E-state index is 13.6. The number of anilines is 1. The first kappa shape index (κ1) is 16.3. The Bertz CT molecular complexity index is 684. The average molecular weight is 393 g/mol. The highest BCUT2D eigenvalue weighted by Crippen LogP contribution is 2.25. The zero-order valence-corrected chi connectivity index (χ0v) is 13.7. The SMILES string of the molecule is O=C(CSc1ccc(F)c(Cl)c1)Nc1ccc(Br)cc1F. The van der Waals surface area contributed by atoms with E-state index >= 15 is 0 Å². The molecule has 0 heterocycles. The molecule has 21 heavy (non-hydrogen) atoms. The molecule has 2 rings (SSSR count). The second-order valence-electron chi connectivity index (χ2n) is 4.04. The van der Waals surface area contributed by atoms with Gasteiger partial charge in [0, 0.05) is 9.37 Å². The van der Waals surface area contributed by atoms with Crippen molar-refractivity contribution in [1.29, 1.82) is 0 Å². The van der Waals surface area contributed by atoms with Crippen LogP contribution in [0.1, 0.15) is 0 Å². The van der Waals surface area contributed by atoms with Crippen molar-refractivity contribution in [3.05, 3.63) is 57.5 Å². The molecule has 110 valence electrons. The van der Waals surface area contributed by atoms with Crippen LogP contribution in [0.15, 0.2) is 45.8 Å². The van der Waals surface area contributed by atoms with Crippen LogP contribution in [-0.2, 0) is 4.79 Å². The molecule has 0 unspecified atom stereocenters. The lowest BCUT2D eigenvalue weighted by Crippen LogP contribution is -2.15. The molecule has 0 bridgehead atoms. The topological polar surface area (TPSA) is 29.1 Å². The smallest absolute Gasteiger partial charge is 0.234 e. The summed E-state index contributed by atoms with van der Waals surface area (Å²) in [7, 11) is 0. The van der Waals surface area contributed by atoms with Crippen LogP contribution in [0.4, 0.5) is 14.5 Å². The molecule has 0 aromatic heterocycles. The van der Waals surface area contributed by atoms with Gasteiger partial charge in [-0.15, -0.1) is 11.8 Å². The van der Waals surface area contributed by atoms with E-state index in [4.69, 9.17) is 11.6 Å². The molecule has 0 saturated carbocycles. The minimum atomic E-state index is -0.521. The third-order valence-corrected chi connectivity index (χ3v) is 4.24. The molecular formula is C14H9BrClF2NOS. The Labute approximate surface area is 138 Å². The molecule has 1 N–H and O–H groups in total. The number of rotatable bonds is 4. The van der Waals surface area contributed by atoms with Crippen molar-refractivity contribution in [3.63, 3.8) is 0 Å². The summed E-state index contributed by atoms with van der Waals surface area (Å²) in [5.74, 6) is -1.33. The fourth-order valence-corrected chi connectivity index (χ4v) is 2.81. The van der Waals surface area contributed by atoms with Gasteiger partial charge >= 0.3 is 0 Å². The van der Waals surface area contributed by atoms with Crippen LogP contribution in [0, 0.1) is 11.6 Å². The molecule has 7 heteroatoms. The van der Waals surface area contributed by atoms with E-state index in [0.29, 0.717) is 9.37 Å². The summed E-state index contributed by atoms with van der Waals surface area (Å²) in [6.45, 7) is 0. The van der Waals surface area contributed by atoms with Gasteiger partial charge in [-0.3, -0.25) is 4.79 Å². The molecule has 2 aromatic carbocycles. The predicted octanol–water partition coefficient (Wildman–Crippen LogP) is 5.11. The van der Waals surface area contributed by atoms with E-state index < -0.39 is 11.6 Å². The zero-order valence-electron chi connectivity index (χ0n) is 10.5. The van der Waals surface area contributed by atoms with E-state index in [2.05, 4.69) is 21.2 Å². The van der Waals surface area contributed by atoms with Gasteiger partial charge in [-0.25, -0.2) is 8.78 Å². The lowest BCUT2D eigenvalue weighted by molar-refractivity contribution is -0.113. The fourth-order valence-electron chi connectivity index (χ4n) is 1.49. The average Bonchev–Trinajstić information content (AvgIpc) is 2.43. The van der Waals surface area contributed by atoms with Gasteiger partial charge in [0.1, 0.15) is 11.6 Å². The Morgan fingerprint density at radius 2 is 1.95 bits per heavy atom. The van der Waals surface area contributed by atoms with Crippen molar-refractivity contribution in [2.75, 3.05) is 11.1 Å². The maximum absolute atomic E-state index is 13.6. The summed E-state index contributed by atoms with van der Waals surface area (Å²) in [5.41, 5.74) is 0.112. The normalized spacial score (nSPS) is 10.5. The summed E-state index contributed by atoms with van der Waals surface area (Å²) >= 11 is 9.97. The van der Waals surface area contributed by atoms with E-state index in [-0.39, 0.29) is 22.4 Å². The molecule has 0 atom stereocenters. The summed E-state index contributed by atoms with van der Waals surface area (Å²) in [5, 5.41) is 2.47. The van der Waals surface area contributed by atoms with Crippen molar-refractivity contribution in [2.45, 2.75) is 4.90 Å². The van der Waals surface area contributed by atoms with E-state index in [1.165, 1.54) is 42.1 Å². The highest BCUT2D eigenvalue weighted by Gasteiger charge is 2.09. The molecular weight excluding hydrogens is 384 g/mol. The Morgan fingerprint density at radius 1 is 1.19 bits per heavy atom. The van der Waals surface area contributed by atoms with Gasteiger partial charge in [0.15, 0.2) is 0 Å². The van der Waals surface area contributed by atoms with Crippen molar-refractivity contribution in [2.24, 2.45) is 0 Å². The molecule has 1 amide bonds. The third kappa shape index (κ3) is 4.69. The van der Waals surface area contributed by atoms with Crippen molar-refractivity contribution in [1.82, 2.24) is 0 Å². The highest BCUT2D eigenvalue weighted by atomic mass is 79.9. The fraction of sp³-hybridized carbons (Fsp3) is 0.0714. The Hall–Kier alpha value is -1.11. The Morgan fingerprint density at radius 3 is 2.62 bits per heavy atom. The van der Waals surface area contributed by atoms with Crippen LogP contribution < -0.4 is 5.32 Å². The lowest BCUT2D eigenvalue weighted by atomic mass is 10.3. The second-order valence-corrected chi connectivity index (χ2v) is 6.41. The number of hydrogen-bond acceptors (Lipinski definition) is 2. The van der Waals surface area contributed by atoms with Crippen molar-refractivity contribution < 1.29 is 13.6 Å². The molecule has 0 aliphatic heterocycles. The number of amides is 1. The quantitative estimate of drug-likeness (QED) is 0.733. The Kier molecular flexibility index (Phi) is 5.61. The minimum absolute atomic E-state index is 0.000591. The van der Waals surface area contributed by atoms with Crippen LogP contribution in [-0.4, -0.2) is 11.7 Å². The van der Waals surface area contributed by atoms with Crippen molar-refractivity contribution in [3.8, 4) is 0 Å². The predicted molar refractivity (Wildman–Crippen MR) is 84.9 cm³/mol. The van der Waals surface area contributed by atoms with Crippen LogP contribution in [0.2, 0.25) is 5.02 Å². The maximum Gasteiger partial charge on any atom is 0.234 e. The monoisotopic (exact) mass is 391 g/mol. The number of benzene rings is 2. The standard InChI is InChI=1S/C14H9BrClF2NOS/c15-8-1-4-13(12(18)5-8)19-14(20)7-21-9-2-3-11(17)10(16)6-9/h1-6H,7H2,(H,19,20). The molecule has 0 aliphatic rings. The largest absolute Gasteiger partial charge is 0.323 e. The van der Waals surface area contributed by atoms with E-state index in [0.717, 1.165) is 0 Å². The zero-order chi connectivity index (χ0) is 15.4. The lowest BCUT2D eigenvalue weighted by Gasteiger charge is -2.07. The van der Waals surface area contributed by atoms with Gasteiger partial charge in [-0.2, -0.15) is 0 Å².